The molecule has 1 aromatic rings. The monoisotopic (exact) mass is 251 g/mol. The second kappa shape index (κ2) is 4.56. The van der Waals surface area contributed by atoms with Crippen LogP contribution in [0.2, 0.25) is 0 Å². The third-order valence-electron chi connectivity index (χ3n) is 2.81. The van der Waals surface area contributed by atoms with Crippen LogP contribution in [-0.4, -0.2) is 42.6 Å². The largest absolute Gasteiger partial charge is 0.493 e. The van der Waals surface area contributed by atoms with E-state index in [1.807, 2.05) is 0 Å². The molecule has 0 unspecified atom stereocenters. The molecule has 0 radical (unpaired) electrons. The van der Waals surface area contributed by atoms with Gasteiger partial charge in [-0.1, -0.05) is 0 Å². The normalized spacial score (nSPS) is 13.4. The van der Waals surface area contributed by atoms with Crippen LogP contribution in [0, 0.1) is 0 Å². The Labute approximate surface area is 104 Å². The Morgan fingerprint density at radius 3 is 2.50 bits per heavy atom. The summed E-state index contributed by atoms with van der Waals surface area (Å²) >= 11 is 0. The first-order valence-corrected chi connectivity index (χ1v) is 5.32. The number of rotatable bonds is 4. The Balaban J connectivity index is 2.36. The van der Waals surface area contributed by atoms with Crippen molar-refractivity contribution in [1.29, 1.82) is 0 Å². The molecule has 1 aliphatic heterocycles. The van der Waals surface area contributed by atoms with Crippen molar-refractivity contribution in [1.82, 2.24) is 4.90 Å². The summed E-state index contributed by atoms with van der Waals surface area (Å²) in [6.07, 6.45) is 0. The predicted octanol–water partition coefficient (Wildman–Crippen LogP) is 0.744. The van der Waals surface area contributed by atoms with Crippen LogP contribution in [0.3, 0.4) is 0 Å². The predicted molar refractivity (Wildman–Crippen MR) is 61.9 cm³/mol. The number of hydrogen-bond acceptors (Lipinski definition) is 4. The minimum atomic E-state index is -1.03. The number of fused-ring (bicyclic) bond motifs is 1. The number of hydrogen-bond donors (Lipinski definition) is 1. The summed E-state index contributed by atoms with van der Waals surface area (Å²) in [5, 5.41) is 8.73. The Hall–Kier alpha value is -2.24. The zero-order chi connectivity index (χ0) is 13.3. The van der Waals surface area contributed by atoms with Crippen molar-refractivity contribution < 1.29 is 24.2 Å². The lowest BCUT2D eigenvalue weighted by atomic mass is 10.1. The number of carbonyl (C=O) groups is 2. The van der Waals surface area contributed by atoms with Crippen molar-refractivity contribution in [2.75, 3.05) is 20.8 Å². The van der Waals surface area contributed by atoms with Gasteiger partial charge in [0.2, 0.25) is 0 Å². The zero-order valence-electron chi connectivity index (χ0n) is 10.1. The highest BCUT2D eigenvalue weighted by Crippen LogP contribution is 2.34. The molecule has 1 N–H and O–H groups in total. The van der Waals surface area contributed by atoms with Gasteiger partial charge < -0.3 is 19.5 Å². The molecule has 1 heterocycles. The van der Waals surface area contributed by atoms with Gasteiger partial charge in [-0.05, 0) is 17.7 Å². The minimum absolute atomic E-state index is 0.279. The topological polar surface area (TPSA) is 76.1 Å². The van der Waals surface area contributed by atoms with E-state index in [2.05, 4.69) is 0 Å². The quantitative estimate of drug-likeness (QED) is 0.854. The van der Waals surface area contributed by atoms with Crippen LogP contribution in [0.15, 0.2) is 12.1 Å². The van der Waals surface area contributed by atoms with Crippen LogP contribution in [0.25, 0.3) is 0 Å². The van der Waals surface area contributed by atoms with Gasteiger partial charge in [-0.2, -0.15) is 0 Å². The molecule has 0 spiro atoms. The summed E-state index contributed by atoms with van der Waals surface area (Å²) < 4.78 is 10.3. The Morgan fingerprint density at radius 1 is 1.33 bits per heavy atom. The highest BCUT2D eigenvalue weighted by atomic mass is 16.5. The summed E-state index contributed by atoms with van der Waals surface area (Å²) in [4.78, 5) is 23.9. The second-order valence-corrected chi connectivity index (χ2v) is 3.92. The van der Waals surface area contributed by atoms with E-state index in [0.717, 1.165) is 5.56 Å². The lowest BCUT2D eigenvalue weighted by Crippen LogP contribution is -2.29. The number of carboxylic acids is 1. The summed E-state index contributed by atoms with van der Waals surface area (Å²) in [7, 11) is 2.99. The van der Waals surface area contributed by atoms with Crippen LogP contribution < -0.4 is 9.47 Å². The highest BCUT2D eigenvalue weighted by molar-refractivity contribution is 6.00. The number of nitrogens with zero attached hydrogens (tertiary/aromatic N) is 1. The fourth-order valence-electron chi connectivity index (χ4n) is 1.99. The van der Waals surface area contributed by atoms with E-state index in [4.69, 9.17) is 14.6 Å². The van der Waals surface area contributed by atoms with Crippen molar-refractivity contribution in [3.63, 3.8) is 0 Å². The van der Waals surface area contributed by atoms with Crippen LogP contribution in [0.4, 0.5) is 0 Å². The van der Waals surface area contributed by atoms with E-state index in [9.17, 15) is 9.59 Å². The summed E-state index contributed by atoms with van der Waals surface area (Å²) in [5.41, 5.74) is 1.22. The van der Waals surface area contributed by atoms with Crippen molar-refractivity contribution in [2.24, 2.45) is 0 Å². The molecule has 6 nitrogen and oxygen atoms in total. The van der Waals surface area contributed by atoms with Crippen molar-refractivity contribution in [3.05, 3.63) is 23.3 Å². The van der Waals surface area contributed by atoms with E-state index in [1.54, 1.807) is 12.1 Å². The van der Waals surface area contributed by atoms with Gasteiger partial charge in [-0.15, -0.1) is 0 Å². The van der Waals surface area contributed by atoms with Crippen molar-refractivity contribution >= 4 is 11.9 Å². The maximum Gasteiger partial charge on any atom is 0.323 e. The van der Waals surface area contributed by atoms with Gasteiger partial charge >= 0.3 is 5.97 Å². The second-order valence-electron chi connectivity index (χ2n) is 3.92. The lowest BCUT2D eigenvalue weighted by Gasteiger charge is -2.11. The van der Waals surface area contributed by atoms with Crippen LogP contribution in [0.5, 0.6) is 11.5 Å². The summed E-state index contributed by atoms with van der Waals surface area (Å²) in [5.74, 6) is -0.341. The number of carbonyl (C=O) groups excluding carboxylic acids is 1. The molecule has 1 amide bonds. The van der Waals surface area contributed by atoms with Gasteiger partial charge in [0, 0.05) is 12.1 Å². The Morgan fingerprint density at radius 2 is 1.94 bits per heavy atom. The van der Waals surface area contributed by atoms with Crippen molar-refractivity contribution in [2.45, 2.75) is 6.54 Å². The van der Waals surface area contributed by atoms with Gasteiger partial charge in [0.25, 0.3) is 5.91 Å². The number of methoxy groups -OCH3 is 2. The van der Waals surface area contributed by atoms with Crippen LogP contribution >= 0.6 is 0 Å². The third-order valence-corrected chi connectivity index (χ3v) is 2.81. The molecular formula is C12H13NO5. The number of amides is 1. The third kappa shape index (κ3) is 1.97. The highest BCUT2D eigenvalue weighted by Gasteiger charge is 2.30. The molecule has 0 aromatic heterocycles. The SMILES string of the molecule is COc1cc2c(cc1OC)C(=O)N(CC(=O)O)C2. The van der Waals surface area contributed by atoms with Crippen LogP contribution in [0.1, 0.15) is 15.9 Å². The molecule has 0 saturated heterocycles. The molecule has 96 valence electrons. The molecule has 1 aliphatic rings. The van der Waals surface area contributed by atoms with Crippen molar-refractivity contribution in [3.8, 4) is 11.5 Å². The van der Waals surface area contributed by atoms with E-state index >= 15 is 0 Å². The van der Waals surface area contributed by atoms with Crippen LogP contribution in [-0.2, 0) is 11.3 Å². The molecule has 0 saturated carbocycles. The van der Waals surface area contributed by atoms with E-state index in [1.165, 1.54) is 19.1 Å². The molecule has 18 heavy (non-hydrogen) atoms. The molecule has 0 aliphatic carbocycles. The van der Waals surface area contributed by atoms with E-state index < -0.39 is 5.97 Å². The standard InChI is InChI=1S/C12H13NO5/c1-17-9-3-7-5-13(6-11(14)15)12(16)8(7)4-10(9)18-2/h3-4H,5-6H2,1-2H3,(H,14,15). The van der Waals surface area contributed by atoms with Gasteiger partial charge in [0.05, 0.1) is 14.2 Å². The molecule has 1 aromatic carbocycles. The lowest BCUT2D eigenvalue weighted by molar-refractivity contribution is -0.137. The van der Waals surface area contributed by atoms with E-state index in [0.29, 0.717) is 17.1 Å². The first-order valence-electron chi connectivity index (χ1n) is 5.32. The number of benzene rings is 1. The van der Waals surface area contributed by atoms with Gasteiger partial charge in [-0.25, -0.2) is 0 Å². The van der Waals surface area contributed by atoms with Gasteiger partial charge in [-0.3, -0.25) is 9.59 Å². The first kappa shape index (κ1) is 12.2. The van der Waals surface area contributed by atoms with Gasteiger partial charge in [0.1, 0.15) is 6.54 Å². The molecular weight excluding hydrogens is 238 g/mol. The molecule has 0 atom stereocenters. The summed E-state index contributed by atoms with van der Waals surface area (Å²) in [6.45, 7) is -0.0288. The zero-order valence-corrected chi connectivity index (χ0v) is 10.1. The Bertz CT molecular complexity index is 511. The maximum absolute atomic E-state index is 12.0. The molecule has 6 heteroatoms. The average molecular weight is 251 g/mol. The fourth-order valence-corrected chi connectivity index (χ4v) is 1.99. The van der Waals surface area contributed by atoms with Gasteiger partial charge in [0.15, 0.2) is 11.5 Å². The Kier molecular flexibility index (Phi) is 3.10. The molecule has 0 fully saturated rings. The molecule has 2 rings (SSSR count). The number of carboxylic acid groups (broad SMARTS) is 1. The average Bonchev–Trinajstić information content (AvgIpc) is 2.63. The number of ether oxygens (including phenoxy) is 2. The number of aliphatic carboxylic acids is 1. The summed E-state index contributed by atoms with van der Waals surface area (Å²) in [6, 6.07) is 3.28. The first-order chi connectivity index (χ1) is 8.56. The molecule has 0 bridgehead atoms. The maximum atomic E-state index is 12.0. The van der Waals surface area contributed by atoms with E-state index in [-0.39, 0.29) is 19.0 Å². The minimum Gasteiger partial charge on any atom is -0.493 e. The smallest absolute Gasteiger partial charge is 0.323 e. The fraction of sp³-hybridized carbons (Fsp3) is 0.333.